The molecule has 3 rings (SSSR count). The van der Waals surface area contributed by atoms with E-state index in [0.717, 1.165) is 24.8 Å². The van der Waals surface area contributed by atoms with E-state index in [0.29, 0.717) is 18.0 Å². The van der Waals surface area contributed by atoms with Gasteiger partial charge in [-0.2, -0.15) is 0 Å². The van der Waals surface area contributed by atoms with Gasteiger partial charge in [-0.3, -0.25) is 9.59 Å². The Hall–Kier alpha value is -2.24. The lowest BCUT2D eigenvalue weighted by molar-refractivity contribution is -0.147. The molecule has 154 valence electrons. The first-order valence-corrected chi connectivity index (χ1v) is 9.91. The van der Waals surface area contributed by atoms with Gasteiger partial charge < -0.3 is 19.7 Å². The van der Waals surface area contributed by atoms with Crippen LogP contribution in [0.5, 0.6) is 11.5 Å². The van der Waals surface area contributed by atoms with E-state index in [1.165, 1.54) is 0 Å². The fraction of sp³-hybridized carbons (Fsp3) is 0.636. The van der Waals surface area contributed by atoms with E-state index in [-0.39, 0.29) is 22.9 Å². The normalized spacial score (nSPS) is 26.5. The van der Waals surface area contributed by atoms with Crippen molar-refractivity contribution < 1.29 is 19.1 Å². The Morgan fingerprint density at radius 1 is 1.14 bits per heavy atom. The Morgan fingerprint density at radius 2 is 1.82 bits per heavy atom. The Morgan fingerprint density at radius 3 is 2.46 bits per heavy atom. The number of carbonyl (C=O) groups is 2. The Bertz CT molecular complexity index is 776. The smallest absolute Gasteiger partial charge is 0.312 e. The third-order valence-electron chi connectivity index (χ3n) is 6.13. The van der Waals surface area contributed by atoms with Crippen molar-refractivity contribution >= 4 is 11.8 Å². The molecule has 1 aliphatic carbocycles. The number of ether oxygens (including phenoxy) is 2. The molecule has 1 heterocycles. The summed E-state index contributed by atoms with van der Waals surface area (Å²) in [7, 11) is 3.15. The molecule has 0 aromatic heterocycles. The molecule has 1 saturated carbocycles. The fourth-order valence-electron chi connectivity index (χ4n) is 5.29. The van der Waals surface area contributed by atoms with Gasteiger partial charge in [-0.1, -0.05) is 26.8 Å². The quantitative estimate of drug-likeness (QED) is 0.804. The van der Waals surface area contributed by atoms with E-state index in [9.17, 15) is 9.59 Å². The Labute approximate surface area is 167 Å². The third kappa shape index (κ3) is 3.96. The van der Waals surface area contributed by atoms with Gasteiger partial charge in [0.25, 0.3) is 0 Å². The van der Waals surface area contributed by atoms with Gasteiger partial charge >= 0.3 is 11.8 Å². The summed E-state index contributed by atoms with van der Waals surface area (Å²) in [5, 5.41) is 2.85. The summed E-state index contributed by atoms with van der Waals surface area (Å²) in [6.07, 6.45) is 3.03. The van der Waals surface area contributed by atoms with Crippen LogP contribution in [-0.4, -0.2) is 43.5 Å². The number of methoxy groups -OCH3 is 2. The van der Waals surface area contributed by atoms with Gasteiger partial charge in [-0.05, 0) is 54.7 Å². The summed E-state index contributed by atoms with van der Waals surface area (Å²) < 4.78 is 10.6. The number of hydrogen-bond donors (Lipinski definition) is 1. The number of carbonyl (C=O) groups excluding carboxylic acids is 2. The summed E-state index contributed by atoms with van der Waals surface area (Å²) in [4.78, 5) is 27.4. The largest absolute Gasteiger partial charge is 0.493 e. The number of rotatable bonds is 4. The van der Waals surface area contributed by atoms with Gasteiger partial charge in [0.2, 0.25) is 0 Å². The molecule has 6 heteroatoms. The maximum atomic E-state index is 12.9. The highest BCUT2D eigenvalue weighted by Crippen LogP contribution is 2.52. The lowest BCUT2D eigenvalue weighted by Crippen LogP contribution is -2.46. The summed E-state index contributed by atoms with van der Waals surface area (Å²) >= 11 is 0. The molecule has 3 atom stereocenters. The van der Waals surface area contributed by atoms with E-state index in [1.807, 2.05) is 19.1 Å². The first kappa shape index (κ1) is 20.5. The zero-order valence-corrected chi connectivity index (χ0v) is 17.8. The van der Waals surface area contributed by atoms with Crippen molar-refractivity contribution in [3.05, 3.63) is 23.8 Å². The second kappa shape index (κ2) is 7.30. The number of nitrogens with zero attached hydrogens (tertiary/aromatic N) is 1. The summed E-state index contributed by atoms with van der Waals surface area (Å²) in [5.74, 6) is 0.256. The number of amides is 2. The molecule has 2 fully saturated rings. The van der Waals surface area contributed by atoms with Crippen LogP contribution in [0.25, 0.3) is 0 Å². The second-order valence-electron chi connectivity index (χ2n) is 9.46. The maximum absolute atomic E-state index is 12.9. The highest BCUT2D eigenvalue weighted by atomic mass is 16.5. The molecular weight excluding hydrogens is 356 g/mol. The molecule has 2 bridgehead atoms. The van der Waals surface area contributed by atoms with Crippen molar-refractivity contribution in [1.29, 1.82) is 0 Å². The summed E-state index contributed by atoms with van der Waals surface area (Å²) in [5.41, 5.74) is 1.17. The van der Waals surface area contributed by atoms with E-state index in [4.69, 9.17) is 9.47 Å². The van der Waals surface area contributed by atoms with Gasteiger partial charge in [0.05, 0.1) is 20.3 Å². The topological polar surface area (TPSA) is 67.9 Å². The minimum atomic E-state index is -0.545. The van der Waals surface area contributed by atoms with Gasteiger partial charge in [-0.15, -0.1) is 0 Å². The van der Waals surface area contributed by atoms with Crippen LogP contribution in [0.4, 0.5) is 0 Å². The molecule has 1 saturated heterocycles. The third-order valence-corrected chi connectivity index (χ3v) is 6.13. The SMILES string of the molecule is COc1ccc(C(C)NC(=O)C(=O)N2CC3(C)CC2CC(C)(C)C3)cc1OC. The molecule has 1 aromatic rings. The lowest BCUT2D eigenvalue weighted by Gasteiger charge is -2.39. The minimum Gasteiger partial charge on any atom is -0.493 e. The molecule has 2 aliphatic rings. The van der Waals surface area contributed by atoms with Gasteiger partial charge in [0, 0.05) is 12.6 Å². The molecule has 0 spiro atoms. The van der Waals surface area contributed by atoms with Gasteiger partial charge in [0.1, 0.15) is 0 Å². The van der Waals surface area contributed by atoms with Crippen molar-refractivity contribution in [2.45, 2.75) is 59.0 Å². The number of likely N-dealkylation sites (tertiary alicyclic amines) is 1. The van der Waals surface area contributed by atoms with Crippen LogP contribution in [0.15, 0.2) is 18.2 Å². The molecule has 1 N–H and O–H groups in total. The predicted octanol–water partition coefficient (Wildman–Crippen LogP) is 3.31. The van der Waals surface area contributed by atoms with Crippen molar-refractivity contribution in [1.82, 2.24) is 10.2 Å². The fourth-order valence-corrected chi connectivity index (χ4v) is 5.29. The zero-order valence-electron chi connectivity index (χ0n) is 17.8. The van der Waals surface area contributed by atoms with Gasteiger partial charge in [0.15, 0.2) is 11.5 Å². The average molecular weight is 389 g/mol. The second-order valence-corrected chi connectivity index (χ2v) is 9.46. The van der Waals surface area contributed by atoms with E-state index >= 15 is 0 Å². The molecule has 2 amide bonds. The zero-order chi connectivity index (χ0) is 20.7. The number of nitrogens with one attached hydrogen (secondary N) is 1. The van der Waals surface area contributed by atoms with E-state index in [1.54, 1.807) is 25.2 Å². The number of hydrogen-bond acceptors (Lipinski definition) is 4. The van der Waals surface area contributed by atoms with Crippen LogP contribution in [0.2, 0.25) is 0 Å². The van der Waals surface area contributed by atoms with Crippen molar-refractivity contribution in [2.24, 2.45) is 10.8 Å². The Kier molecular flexibility index (Phi) is 5.34. The first-order chi connectivity index (χ1) is 13.1. The van der Waals surface area contributed by atoms with Crippen molar-refractivity contribution in [3.8, 4) is 11.5 Å². The molecule has 1 aliphatic heterocycles. The van der Waals surface area contributed by atoms with Gasteiger partial charge in [-0.25, -0.2) is 0 Å². The highest BCUT2D eigenvalue weighted by Gasteiger charge is 2.51. The highest BCUT2D eigenvalue weighted by molar-refractivity contribution is 6.35. The molecular formula is C22H32N2O4. The molecule has 28 heavy (non-hydrogen) atoms. The number of fused-ring (bicyclic) bond motifs is 2. The van der Waals surface area contributed by atoms with Crippen LogP contribution in [-0.2, 0) is 9.59 Å². The Balaban J connectivity index is 1.69. The van der Waals surface area contributed by atoms with Crippen LogP contribution < -0.4 is 14.8 Å². The number of benzene rings is 1. The predicted molar refractivity (Wildman–Crippen MR) is 107 cm³/mol. The molecule has 1 aromatic carbocycles. The monoisotopic (exact) mass is 388 g/mol. The van der Waals surface area contributed by atoms with E-state index in [2.05, 4.69) is 26.1 Å². The van der Waals surface area contributed by atoms with Crippen molar-refractivity contribution in [3.63, 3.8) is 0 Å². The summed E-state index contributed by atoms with van der Waals surface area (Å²) in [6, 6.07) is 5.32. The lowest BCUT2D eigenvalue weighted by atomic mass is 9.65. The van der Waals surface area contributed by atoms with Crippen LogP contribution >= 0.6 is 0 Å². The molecule has 3 unspecified atom stereocenters. The molecule has 0 radical (unpaired) electrons. The van der Waals surface area contributed by atoms with Crippen LogP contribution in [0.3, 0.4) is 0 Å². The minimum absolute atomic E-state index is 0.108. The van der Waals surface area contributed by atoms with Crippen LogP contribution in [0, 0.1) is 10.8 Å². The van der Waals surface area contributed by atoms with Crippen LogP contribution in [0.1, 0.15) is 58.6 Å². The van der Waals surface area contributed by atoms with Crippen molar-refractivity contribution in [2.75, 3.05) is 20.8 Å². The average Bonchev–Trinajstić information content (AvgIpc) is 2.88. The summed E-state index contributed by atoms with van der Waals surface area (Å²) in [6.45, 7) is 9.27. The first-order valence-electron chi connectivity index (χ1n) is 9.91. The molecule has 6 nitrogen and oxygen atoms in total. The van der Waals surface area contributed by atoms with E-state index < -0.39 is 11.8 Å². The standard InChI is InChI=1S/C22H32N2O4/c1-14(15-7-8-17(27-5)18(9-15)28-6)23-19(25)20(26)24-13-22(4)11-16(24)10-21(2,3)12-22/h7-9,14,16H,10-13H2,1-6H3,(H,23,25). The maximum Gasteiger partial charge on any atom is 0.312 e.